The second-order valence-electron chi connectivity index (χ2n) is 4.39. The van der Waals surface area contributed by atoms with Gasteiger partial charge in [0.2, 0.25) is 0 Å². The van der Waals surface area contributed by atoms with Gasteiger partial charge in [-0.3, -0.25) is 9.89 Å². The van der Waals surface area contributed by atoms with Gasteiger partial charge in [0.25, 0.3) is 0 Å². The zero-order valence-electron chi connectivity index (χ0n) is 10.4. The normalized spacial score (nSPS) is 11.1. The third kappa shape index (κ3) is 2.32. The van der Waals surface area contributed by atoms with Crippen LogP contribution in [-0.2, 0) is 11.2 Å². The minimum absolute atomic E-state index is 0.0693. The number of aromatic nitrogens is 4. The number of hydrogen-bond acceptors (Lipinski definition) is 3. The van der Waals surface area contributed by atoms with Crippen molar-refractivity contribution >= 4 is 32.9 Å². The number of carboxylic acid groups (broad SMARTS) is 1. The van der Waals surface area contributed by atoms with Crippen molar-refractivity contribution in [1.82, 2.24) is 20.2 Å². The predicted molar refractivity (Wildman–Crippen MR) is 77.3 cm³/mol. The van der Waals surface area contributed by atoms with Crippen molar-refractivity contribution < 1.29 is 9.90 Å². The molecule has 3 rings (SSSR count). The van der Waals surface area contributed by atoms with Crippen LogP contribution in [0.15, 0.2) is 29.0 Å². The molecule has 1 aromatic carbocycles. The number of H-pyrrole nitrogens is 2. The van der Waals surface area contributed by atoms with Gasteiger partial charge in [-0.25, -0.2) is 4.98 Å². The maximum Gasteiger partial charge on any atom is 0.303 e. The topological polar surface area (TPSA) is 94.7 Å². The van der Waals surface area contributed by atoms with E-state index in [2.05, 4.69) is 36.1 Å². The van der Waals surface area contributed by atoms with Gasteiger partial charge in [0.15, 0.2) is 0 Å². The lowest BCUT2D eigenvalue weighted by Crippen LogP contribution is -1.98. The van der Waals surface area contributed by atoms with Gasteiger partial charge in [0.05, 0.1) is 33.9 Å². The number of fused-ring (bicyclic) bond motifs is 1. The maximum atomic E-state index is 10.6. The lowest BCUT2D eigenvalue weighted by Gasteiger charge is -1.99. The Morgan fingerprint density at radius 1 is 1.40 bits per heavy atom. The summed E-state index contributed by atoms with van der Waals surface area (Å²) in [7, 11) is 0. The molecule has 2 heterocycles. The van der Waals surface area contributed by atoms with Crippen molar-refractivity contribution in [3.05, 3.63) is 34.7 Å². The molecule has 0 unspecified atom stereocenters. The van der Waals surface area contributed by atoms with E-state index in [1.807, 2.05) is 18.2 Å². The van der Waals surface area contributed by atoms with Crippen LogP contribution >= 0.6 is 15.9 Å². The molecule has 0 amide bonds. The summed E-state index contributed by atoms with van der Waals surface area (Å²) in [6.45, 7) is 0. The van der Waals surface area contributed by atoms with Crippen LogP contribution in [0.5, 0.6) is 0 Å². The van der Waals surface area contributed by atoms with E-state index >= 15 is 0 Å². The van der Waals surface area contributed by atoms with Crippen LogP contribution in [0.1, 0.15) is 12.1 Å². The molecule has 6 nitrogen and oxygen atoms in total. The number of benzene rings is 1. The number of rotatable bonds is 4. The second kappa shape index (κ2) is 5.09. The van der Waals surface area contributed by atoms with E-state index in [0.717, 1.165) is 32.5 Å². The maximum absolute atomic E-state index is 10.6. The fourth-order valence-electron chi connectivity index (χ4n) is 2.04. The van der Waals surface area contributed by atoms with E-state index < -0.39 is 5.97 Å². The Morgan fingerprint density at radius 2 is 2.25 bits per heavy atom. The first-order valence-corrected chi connectivity index (χ1v) is 6.82. The Hall–Kier alpha value is -2.15. The van der Waals surface area contributed by atoms with Crippen LogP contribution in [0.2, 0.25) is 0 Å². The van der Waals surface area contributed by atoms with Crippen molar-refractivity contribution in [2.45, 2.75) is 12.8 Å². The molecule has 0 spiro atoms. The van der Waals surface area contributed by atoms with Gasteiger partial charge in [-0.1, -0.05) is 6.07 Å². The second-order valence-corrected chi connectivity index (χ2v) is 5.19. The Morgan fingerprint density at radius 3 is 3.05 bits per heavy atom. The van der Waals surface area contributed by atoms with E-state index in [-0.39, 0.29) is 6.42 Å². The molecule has 0 fully saturated rings. The van der Waals surface area contributed by atoms with Crippen molar-refractivity contribution in [1.29, 1.82) is 0 Å². The van der Waals surface area contributed by atoms with Gasteiger partial charge in [-0.05, 0) is 28.1 Å². The van der Waals surface area contributed by atoms with E-state index in [1.54, 1.807) is 6.33 Å². The van der Waals surface area contributed by atoms with Crippen molar-refractivity contribution in [3.63, 3.8) is 0 Å². The fourth-order valence-corrected chi connectivity index (χ4v) is 2.64. The highest BCUT2D eigenvalue weighted by Gasteiger charge is 2.14. The largest absolute Gasteiger partial charge is 0.481 e. The third-order valence-corrected chi connectivity index (χ3v) is 3.91. The van der Waals surface area contributed by atoms with Crippen LogP contribution in [0.3, 0.4) is 0 Å². The van der Waals surface area contributed by atoms with Gasteiger partial charge < -0.3 is 10.1 Å². The molecule has 0 saturated carbocycles. The molecule has 0 bridgehead atoms. The standard InChI is InChI=1S/C13H11BrN4O2/c14-12-9(3-4-11(19)20)17-18-13(12)7-1-2-8-10(5-7)16-6-15-8/h1-2,5-6H,3-4H2,(H,15,16)(H,17,18)(H,19,20). The van der Waals surface area contributed by atoms with E-state index in [0.29, 0.717) is 6.42 Å². The van der Waals surface area contributed by atoms with Gasteiger partial charge in [0.1, 0.15) is 5.69 Å². The summed E-state index contributed by atoms with van der Waals surface area (Å²) < 4.78 is 0.803. The van der Waals surface area contributed by atoms with E-state index in [4.69, 9.17) is 5.11 Å². The molecule has 0 atom stereocenters. The average Bonchev–Trinajstić information content (AvgIpc) is 3.02. The zero-order chi connectivity index (χ0) is 14.1. The summed E-state index contributed by atoms with van der Waals surface area (Å²) in [4.78, 5) is 17.8. The smallest absolute Gasteiger partial charge is 0.303 e. The number of aromatic amines is 2. The molecular formula is C13H11BrN4O2. The molecule has 0 aliphatic carbocycles. The van der Waals surface area contributed by atoms with Gasteiger partial charge in [-0.2, -0.15) is 5.10 Å². The summed E-state index contributed by atoms with van der Waals surface area (Å²) >= 11 is 3.48. The number of carboxylic acids is 1. The number of nitrogens with one attached hydrogen (secondary N) is 2. The van der Waals surface area contributed by atoms with Crippen LogP contribution in [-0.4, -0.2) is 31.2 Å². The molecule has 102 valence electrons. The Labute approximate surface area is 122 Å². The molecule has 20 heavy (non-hydrogen) atoms. The first-order chi connectivity index (χ1) is 9.65. The molecule has 0 saturated heterocycles. The Kier molecular flexibility index (Phi) is 3.27. The molecule has 3 aromatic rings. The quantitative estimate of drug-likeness (QED) is 0.683. The highest BCUT2D eigenvalue weighted by atomic mass is 79.9. The lowest BCUT2D eigenvalue weighted by molar-refractivity contribution is -0.136. The zero-order valence-corrected chi connectivity index (χ0v) is 11.9. The highest BCUT2D eigenvalue weighted by Crippen LogP contribution is 2.30. The summed E-state index contributed by atoms with van der Waals surface area (Å²) in [6.07, 6.45) is 2.13. The predicted octanol–water partition coefficient (Wildman–Crippen LogP) is 2.73. The Balaban J connectivity index is 1.95. The van der Waals surface area contributed by atoms with Crippen molar-refractivity contribution in [2.75, 3.05) is 0 Å². The minimum atomic E-state index is -0.827. The molecule has 0 aliphatic heterocycles. The average molecular weight is 335 g/mol. The summed E-state index contributed by atoms with van der Waals surface area (Å²) in [5.74, 6) is -0.827. The third-order valence-electron chi connectivity index (χ3n) is 3.06. The molecule has 3 N–H and O–H groups in total. The van der Waals surface area contributed by atoms with Crippen LogP contribution in [0.25, 0.3) is 22.3 Å². The van der Waals surface area contributed by atoms with Crippen LogP contribution in [0.4, 0.5) is 0 Å². The molecule has 0 radical (unpaired) electrons. The number of aliphatic carboxylic acids is 1. The highest BCUT2D eigenvalue weighted by molar-refractivity contribution is 9.10. The lowest BCUT2D eigenvalue weighted by atomic mass is 10.1. The number of carbonyl (C=O) groups is 1. The minimum Gasteiger partial charge on any atom is -0.481 e. The molecular weight excluding hydrogens is 324 g/mol. The SMILES string of the molecule is O=C(O)CCc1[nH]nc(-c2ccc3nc[nH]c3c2)c1Br. The summed E-state index contributed by atoms with van der Waals surface area (Å²) in [5.41, 5.74) is 4.32. The van der Waals surface area contributed by atoms with Crippen LogP contribution in [0, 0.1) is 0 Å². The van der Waals surface area contributed by atoms with E-state index in [1.165, 1.54) is 0 Å². The van der Waals surface area contributed by atoms with Gasteiger partial charge in [-0.15, -0.1) is 0 Å². The first kappa shape index (κ1) is 12.9. The van der Waals surface area contributed by atoms with Crippen molar-refractivity contribution in [2.24, 2.45) is 0 Å². The number of aryl methyl sites for hydroxylation is 1. The summed E-state index contributed by atoms with van der Waals surface area (Å²) in [6, 6.07) is 5.81. The van der Waals surface area contributed by atoms with E-state index in [9.17, 15) is 4.79 Å². The summed E-state index contributed by atoms with van der Waals surface area (Å²) in [5, 5.41) is 15.9. The first-order valence-electron chi connectivity index (χ1n) is 6.03. The molecule has 2 aromatic heterocycles. The van der Waals surface area contributed by atoms with Gasteiger partial charge >= 0.3 is 5.97 Å². The fraction of sp³-hybridized carbons (Fsp3) is 0.154. The number of nitrogens with zero attached hydrogens (tertiary/aromatic N) is 2. The molecule has 0 aliphatic rings. The van der Waals surface area contributed by atoms with Gasteiger partial charge in [0, 0.05) is 12.0 Å². The van der Waals surface area contributed by atoms with Crippen molar-refractivity contribution in [3.8, 4) is 11.3 Å². The monoisotopic (exact) mass is 334 g/mol. The number of imidazole rings is 1. The van der Waals surface area contributed by atoms with Crippen LogP contribution < -0.4 is 0 Å². The number of hydrogen-bond donors (Lipinski definition) is 3. The Bertz CT molecular complexity index is 778. The number of halogens is 1. The molecule has 7 heteroatoms.